The topological polar surface area (TPSA) is 61.8 Å². The zero-order valence-corrected chi connectivity index (χ0v) is 25.6. The Bertz CT molecular complexity index is 1110. The number of hydrogen-bond donors (Lipinski definition) is 0. The third-order valence-electron chi connectivity index (χ3n) is 8.16. The number of carbonyl (C=O) groups excluding carboxylic acids is 2. The quantitative estimate of drug-likeness (QED) is 0.163. The summed E-state index contributed by atoms with van der Waals surface area (Å²) >= 11 is 0. The molecular formula is C35H50O5. The van der Waals surface area contributed by atoms with Crippen molar-refractivity contribution in [2.75, 3.05) is 0 Å². The van der Waals surface area contributed by atoms with E-state index in [1.165, 1.54) is 58.3 Å². The molecule has 5 nitrogen and oxygen atoms in total. The SMILES string of the molecule is CC(=O)Oc1ccccc1C(=O)Oc1ccc2c(c1)CCC(C)(CCCC(C)CCCC(C)CCCC(C)C)O2. The molecule has 1 aliphatic rings. The highest BCUT2D eigenvalue weighted by Crippen LogP contribution is 2.38. The van der Waals surface area contributed by atoms with E-state index < -0.39 is 11.9 Å². The van der Waals surface area contributed by atoms with Gasteiger partial charge >= 0.3 is 11.9 Å². The summed E-state index contributed by atoms with van der Waals surface area (Å²) in [6, 6.07) is 12.1. The summed E-state index contributed by atoms with van der Waals surface area (Å²) in [6.07, 6.45) is 13.4. The predicted molar refractivity (Wildman–Crippen MR) is 161 cm³/mol. The van der Waals surface area contributed by atoms with Gasteiger partial charge in [0.1, 0.15) is 28.4 Å². The molecule has 40 heavy (non-hydrogen) atoms. The molecule has 0 bridgehead atoms. The fourth-order valence-corrected chi connectivity index (χ4v) is 5.65. The zero-order chi connectivity index (χ0) is 29.1. The van der Waals surface area contributed by atoms with Crippen LogP contribution in [0.2, 0.25) is 0 Å². The number of fused-ring (bicyclic) bond motifs is 1. The standard InChI is InChI=1S/C35H50O5/c1-25(2)12-9-13-26(3)14-10-15-27(4)16-11-22-35(6)23-21-29-24-30(19-20-32(29)40-35)39-34(37)31-17-7-8-18-33(31)38-28(5)36/h7-8,17-20,24-27H,9-16,21-23H2,1-6H3. The maximum atomic E-state index is 12.8. The van der Waals surface area contributed by atoms with Crippen molar-refractivity contribution < 1.29 is 23.8 Å². The van der Waals surface area contributed by atoms with Crippen LogP contribution >= 0.6 is 0 Å². The lowest BCUT2D eigenvalue weighted by Crippen LogP contribution is -2.36. The molecule has 2 aromatic rings. The lowest BCUT2D eigenvalue weighted by molar-refractivity contribution is -0.131. The van der Waals surface area contributed by atoms with Gasteiger partial charge in [0.2, 0.25) is 0 Å². The molecule has 0 N–H and O–H groups in total. The number of hydrogen-bond acceptors (Lipinski definition) is 5. The van der Waals surface area contributed by atoms with Gasteiger partial charge in [0.25, 0.3) is 0 Å². The van der Waals surface area contributed by atoms with Crippen LogP contribution in [0.5, 0.6) is 17.2 Å². The Morgan fingerprint density at radius 2 is 1.52 bits per heavy atom. The molecule has 220 valence electrons. The third kappa shape index (κ3) is 10.3. The maximum absolute atomic E-state index is 12.8. The molecule has 0 aliphatic carbocycles. The maximum Gasteiger partial charge on any atom is 0.347 e. The normalized spacial score (nSPS) is 18.0. The fourth-order valence-electron chi connectivity index (χ4n) is 5.65. The van der Waals surface area contributed by atoms with Gasteiger partial charge in [0.15, 0.2) is 0 Å². The molecule has 5 heteroatoms. The Kier molecular flexibility index (Phi) is 12.1. The molecule has 3 unspecified atom stereocenters. The van der Waals surface area contributed by atoms with Crippen molar-refractivity contribution in [2.45, 2.75) is 118 Å². The molecular weight excluding hydrogens is 500 g/mol. The Hall–Kier alpha value is -2.82. The second kappa shape index (κ2) is 15.3. The lowest BCUT2D eigenvalue weighted by Gasteiger charge is -2.36. The number of benzene rings is 2. The van der Waals surface area contributed by atoms with E-state index in [9.17, 15) is 9.59 Å². The molecule has 0 aromatic heterocycles. The Balaban J connectivity index is 1.43. The molecule has 0 radical (unpaired) electrons. The first-order valence-electron chi connectivity index (χ1n) is 15.4. The van der Waals surface area contributed by atoms with Crippen LogP contribution in [0.15, 0.2) is 42.5 Å². The minimum absolute atomic E-state index is 0.168. The summed E-state index contributed by atoms with van der Waals surface area (Å²) < 4.78 is 17.3. The summed E-state index contributed by atoms with van der Waals surface area (Å²) in [5.41, 5.74) is 1.09. The van der Waals surface area contributed by atoms with Crippen molar-refractivity contribution in [3.63, 3.8) is 0 Å². The monoisotopic (exact) mass is 550 g/mol. The van der Waals surface area contributed by atoms with E-state index in [1.807, 2.05) is 12.1 Å². The van der Waals surface area contributed by atoms with Crippen molar-refractivity contribution in [1.29, 1.82) is 0 Å². The highest BCUT2D eigenvalue weighted by molar-refractivity contribution is 5.94. The van der Waals surface area contributed by atoms with Crippen molar-refractivity contribution >= 4 is 11.9 Å². The molecule has 1 heterocycles. The van der Waals surface area contributed by atoms with Gasteiger partial charge < -0.3 is 14.2 Å². The second-order valence-electron chi connectivity index (χ2n) is 12.7. The summed E-state index contributed by atoms with van der Waals surface area (Å²) in [5, 5.41) is 0. The number of rotatable bonds is 15. The van der Waals surface area contributed by atoms with Gasteiger partial charge in [-0.25, -0.2) is 4.79 Å². The summed E-state index contributed by atoms with van der Waals surface area (Å²) in [6.45, 7) is 13.0. The molecule has 0 saturated heterocycles. The van der Waals surface area contributed by atoms with E-state index in [-0.39, 0.29) is 16.9 Å². The van der Waals surface area contributed by atoms with E-state index in [1.54, 1.807) is 30.3 Å². The van der Waals surface area contributed by atoms with Crippen molar-refractivity contribution in [3.05, 3.63) is 53.6 Å². The van der Waals surface area contributed by atoms with Gasteiger partial charge in [-0.2, -0.15) is 0 Å². The molecule has 0 saturated carbocycles. The molecule has 0 spiro atoms. The first-order chi connectivity index (χ1) is 19.0. The summed E-state index contributed by atoms with van der Waals surface area (Å²) in [5.74, 6) is 2.90. The van der Waals surface area contributed by atoms with Crippen LogP contribution in [0.3, 0.4) is 0 Å². The molecule has 3 rings (SSSR count). The van der Waals surface area contributed by atoms with E-state index in [2.05, 4.69) is 34.6 Å². The first kappa shape index (κ1) is 31.7. The average Bonchev–Trinajstić information content (AvgIpc) is 2.88. The van der Waals surface area contributed by atoms with Crippen LogP contribution in [0.1, 0.15) is 122 Å². The first-order valence-corrected chi connectivity index (χ1v) is 15.4. The van der Waals surface area contributed by atoms with Gasteiger partial charge in [-0.05, 0) is 86.3 Å². The van der Waals surface area contributed by atoms with Crippen LogP contribution in [-0.2, 0) is 11.2 Å². The highest BCUT2D eigenvalue weighted by Gasteiger charge is 2.31. The smallest absolute Gasteiger partial charge is 0.347 e. The van der Waals surface area contributed by atoms with Crippen molar-refractivity contribution in [1.82, 2.24) is 0 Å². The Morgan fingerprint density at radius 1 is 0.875 bits per heavy atom. The van der Waals surface area contributed by atoms with E-state index >= 15 is 0 Å². The predicted octanol–water partition coefficient (Wildman–Crippen LogP) is 9.35. The van der Waals surface area contributed by atoms with Gasteiger partial charge in [-0.1, -0.05) is 84.8 Å². The minimum atomic E-state index is -0.562. The summed E-state index contributed by atoms with van der Waals surface area (Å²) in [7, 11) is 0. The van der Waals surface area contributed by atoms with Crippen LogP contribution in [0, 0.1) is 17.8 Å². The van der Waals surface area contributed by atoms with Gasteiger partial charge in [-0.15, -0.1) is 0 Å². The molecule has 0 fully saturated rings. The molecule has 2 aromatic carbocycles. The van der Waals surface area contributed by atoms with Crippen LogP contribution in [0.4, 0.5) is 0 Å². The van der Waals surface area contributed by atoms with Gasteiger partial charge in [0.05, 0.1) is 0 Å². The number of ether oxygens (including phenoxy) is 3. The van der Waals surface area contributed by atoms with Crippen molar-refractivity contribution in [2.24, 2.45) is 17.8 Å². The number of esters is 2. The minimum Gasteiger partial charge on any atom is -0.487 e. The molecule has 1 aliphatic heterocycles. The lowest BCUT2D eigenvalue weighted by atomic mass is 9.86. The van der Waals surface area contributed by atoms with E-state index in [0.29, 0.717) is 5.75 Å². The van der Waals surface area contributed by atoms with E-state index in [0.717, 1.165) is 48.3 Å². The summed E-state index contributed by atoms with van der Waals surface area (Å²) in [4.78, 5) is 24.2. The highest BCUT2D eigenvalue weighted by atomic mass is 16.5. The van der Waals surface area contributed by atoms with Gasteiger partial charge in [0, 0.05) is 6.92 Å². The largest absolute Gasteiger partial charge is 0.487 e. The average molecular weight is 551 g/mol. The zero-order valence-electron chi connectivity index (χ0n) is 25.6. The number of carbonyl (C=O) groups is 2. The van der Waals surface area contributed by atoms with Gasteiger partial charge in [-0.3, -0.25) is 4.79 Å². The van der Waals surface area contributed by atoms with E-state index in [4.69, 9.17) is 14.2 Å². The second-order valence-corrected chi connectivity index (χ2v) is 12.7. The Morgan fingerprint density at radius 3 is 2.20 bits per heavy atom. The number of aryl methyl sites for hydroxylation is 1. The third-order valence-corrected chi connectivity index (χ3v) is 8.16. The molecule has 3 atom stereocenters. The Labute approximate surface area is 242 Å². The van der Waals surface area contributed by atoms with Crippen LogP contribution in [-0.4, -0.2) is 17.5 Å². The van der Waals surface area contributed by atoms with Crippen LogP contribution < -0.4 is 14.2 Å². The number of para-hydroxylation sites is 1. The molecule has 0 amide bonds. The fraction of sp³-hybridized carbons (Fsp3) is 0.600. The van der Waals surface area contributed by atoms with Crippen molar-refractivity contribution in [3.8, 4) is 17.2 Å². The van der Waals surface area contributed by atoms with Crippen LogP contribution in [0.25, 0.3) is 0 Å².